The third kappa shape index (κ3) is 4.78. The molecule has 0 saturated carbocycles. The van der Waals surface area contributed by atoms with Crippen LogP contribution in [0.5, 0.6) is 0 Å². The lowest BCUT2D eigenvalue weighted by atomic mass is 10.1. The first kappa shape index (κ1) is 16.9. The molecular formula is C17H27N3O2. The Balaban J connectivity index is 2.01. The fourth-order valence-electron chi connectivity index (χ4n) is 2.91. The number of amides is 1. The highest BCUT2D eigenvalue weighted by Crippen LogP contribution is 2.15. The van der Waals surface area contributed by atoms with Gasteiger partial charge in [0.1, 0.15) is 0 Å². The number of pyridine rings is 1. The van der Waals surface area contributed by atoms with E-state index in [0.29, 0.717) is 19.7 Å². The van der Waals surface area contributed by atoms with E-state index in [9.17, 15) is 4.79 Å². The van der Waals surface area contributed by atoms with Crippen molar-refractivity contribution in [3.63, 3.8) is 0 Å². The van der Waals surface area contributed by atoms with Crippen molar-refractivity contribution in [3.8, 4) is 0 Å². The highest BCUT2D eigenvalue weighted by Gasteiger charge is 2.26. The molecule has 22 heavy (non-hydrogen) atoms. The zero-order valence-corrected chi connectivity index (χ0v) is 13.7. The van der Waals surface area contributed by atoms with Gasteiger partial charge in [-0.05, 0) is 44.5 Å². The second-order valence-electron chi connectivity index (χ2n) is 5.89. The second kappa shape index (κ2) is 8.86. The van der Waals surface area contributed by atoms with Crippen LogP contribution in [0.1, 0.15) is 31.7 Å². The van der Waals surface area contributed by atoms with Crippen LogP contribution < -0.4 is 0 Å². The minimum atomic E-state index is -0.0613. The van der Waals surface area contributed by atoms with E-state index in [-0.39, 0.29) is 11.9 Å². The van der Waals surface area contributed by atoms with Gasteiger partial charge >= 0.3 is 0 Å². The fraction of sp³-hybridized carbons (Fsp3) is 0.647. The maximum absolute atomic E-state index is 12.9. The number of carbonyl (C=O) groups excluding carboxylic acids is 1. The zero-order valence-electron chi connectivity index (χ0n) is 13.7. The molecule has 1 aromatic heterocycles. The molecule has 0 unspecified atom stereocenters. The second-order valence-corrected chi connectivity index (χ2v) is 5.89. The number of hydrogen-bond donors (Lipinski definition) is 0. The van der Waals surface area contributed by atoms with Crippen LogP contribution in [0.3, 0.4) is 0 Å². The van der Waals surface area contributed by atoms with E-state index in [0.717, 1.165) is 18.7 Å². The molecule has 1 atom stereocenters. The van der Waals surface area contributed by atoms with Crippen molar-refractivity contribution < 1.29 is 9.53 Å². The molecular weight excluding hydrogens is 278 g/mol. The molecule has 0 N–H and O–H groups in total. The SMILES string of the molecule is COCCN(Cc1cccnc1)C(=O)[C@@H](C)N1CCCCC1. The highest BCUT2D eigenvalue weighted by atomic mass is 16.5. The Morgan fingerprint density at radius 2 is 2.18 bits per heavy atom. The van der Waals surface area contributed by atoms with Crippen molar-refractivity contribution in [2.75, 3.05) is 33.4 Å². The minimum Gasteiger partial charge on any atom is -0.383 e. The molecule has 2 heterocycles. The fourth-order valence-corrected chi connectivity index (χ4v) is 2.91. The monoisotopic (exact) mass is 305 g/mol. The average molecular weight is 305 g/mol. The van der Waals surface area contributed by atoms with Crippen LogP contribution in [0.4, 0.5) is 0 Å². The average Bonchev–Trinajstić information content (AvgIpc) is 2.59. The lowest BCUT2D eigenvalue weighted by molar-refractivity contribution is -0.138. The standard InChI is InChI=1S/C17H27N3O2/c1-15(19-9-4-3-5-10-19)17(21)20(11-12-22-2)14-16-7-6-8-18-13-16/h6-8,13,15H,3-5,9-12,14H2,1-2H3/t15-/m1/s1. The van der Waals surface area contributed by atoms with E-state index in [1.54, 1.807) is 13.3 Å². The Labute approximate surface area is 133 Å². The summed E-state index contributed by atoms with van der Waals surface area (Å²) in [5, 5.41) is 0. The summed E-state index contributed by atoms with van der Waals surface area (Å²) in [6, 6.07) is 3.85. The maximum Gasteiger partial charge on any atom is 0.240 e. The Bertz CT molecular complexity index is 446. The van der Waals surface area contributed by atoms with Crippen LogP contribution in [0.15, 0.2) is 24.5 Å². The van der Waals surface area contributed by atoms with Crippen molar-refractivity contribution in [1.29, 1.82) is 0 Å². The van der Waals surface area contributed by atoms with E-state index in [1.807, 2.05) is 30.2 Å². The van der Waals surface area contributed by atoms with Gasteiger partial charge in [-0.25, -0.2) is 0 Å². The largest absolute Gasteiger partial charge is 0.383 e. The van der Waals surface area contributed by atoms with Gasteiger partial charge in [0.25, 0.3) is 0 Å². The quantitative estimate of drug-likeness (QED) is 0.772. The first-order chi connectivity index (χ1) is 10.7. The Morgan fingerprint density at radius 3 is 2.82 bits per heavy atom. The first-order valence-corrected chi connectivity index (χ1v) is 8.13. The Hall–Kier alpha value is -1.46. The molecule has 5 nitrogen and oxygen atoms in total. The molecule has 0 bridgehead atoms. The molecule has 5 heteroatoms. The topological polar surface area (TPSA) is 45.7 Å². The van der Waals surface area contributed by atoms with Gasteiger partial charge in [-0.15, -0.1) is 0 Å². The highest BCUT2D eigenvalue weighted by molar-refractivity contribution is 5.81. The minimum absolute atomic E-state index is 0.0613. The van der Waals surface area contributed by atoms with E-state index in [1.165, 1.54) is 19.3 Å². The van der Waals surface area contributed by atoms with Gasteiger partial charge in [0.2, 0.25) is 5.91 Å². The lowest BCUT2D eigenvalue weighted by Crippen LogP contribution is -2.49. The molecule has 2 rings (SSSR count). The number of aromatic nitrogens is 1. The summed E-state index contributed by atoms with van der Waals surface area (Å²) in [4.78, 5) is 21.2. The van der Waals surface area contributed by atoms with Gasteiger partial charge in [-0.3, -0.25) is 14.7 Å². The summed E-state index contributed by atoms with van der Waals surface area (Å²) in [7, 11) is 1.67. The molecule has 122 valence electrons. The van der Waals surface area contributed by atoms with Crippen molar-refractivity contribution >= 4 is 5.91 Å². The van der Waals surface area contributed by atoms with Crippen LogP contribution in [0, 0.1) is 0 Å². The van der Waals surface area contributed by atoms with E-state index >= 15 is 0 Å². The molecule has 1 fully saturated rings. The molecule has 0 aliphatic carbocycles. The van der Waals surface area contributed by atoms with Gasteiger partial charge in [-0.2, -0.15) is 0 Å². The molecule has 0 aromatic carbocycles. The predicted molar refractivity (Wildman–Crippen MR) is 86.4 cm³/mol. The Kier molecular flexibility index (Phi) is 6.80. The first-order valence-electron chi connectivity index (χ1n) is 8.13. The molecule has 0 radical (unpaired) electrons. The van der Waals surface area contributed by atoms with Crippen molar-refractivity contribution in [1.82, 2.24) is 14.8 Å². The summed E-state index contributed by atoms with van der Waals surface area (Å²) in [6.45, 7) is 5.84. The molecule has 1 amide bonds. The summed E-state index contributed by atoms with van der Waals surface area (Å²) in [5.41, 5.74) is 1.05. The van der Waals surface area contributed by atoms with Gasteiger partial charge in [0, 0.05) is 32.6 Å². The number of nitrogens with zero attached hydrogens (tertiary/aromatic N) is 3. The number of ether oxygens (including phenoxy) is 1. The maximum atomic E-state index is 12.9. The van der Waals surface area contributed by atoms with Crippen LogP contribution >= 0.6 is 0 Å². The molecule has 1 aliphatic rings. The number of likely N-dealkylation sites (tertiary alicyclic amines) is 1. The van der Waals surface area contributed by atoms with Crippen molar-refractivity contribution in [2.24, 2.45) is 0 Å². The summed E-state index contributed by atoms with van der Waals surface area (Å²) in [6.07, 6.45) is 7.23. The number of rotatable bonds is 7. The third-order valence-electron chi connectivity index (χ3n) is 4.27. The number of piperidine rings is 1. The van der Waals surface area contributed by atoms with Gasteiger partial charge in [0.05, 0.1) is 12.6 Å². The Morgan fingerprint density at radius 1 is 1.41 bits per heavy atom. The van der Waals surface area contributed by atoms with Crippen LogP contribution in [0.2, 0.25) is 0 Å². The van der Waals surface area contributed by atoms with E-state index < -0.39 is 0 Å². The molecule has 1 saturated heterocycles. The van der Waals surface area contributed by atoms with E-state index in [4.69, 9.17) is 4.74 Å². The lowest BCUT2D eigenvalue weighted by Gasteiger charge is -2.34. The number of methoxy groups -OCH3 is 1. The van der Waals surface area contributed by atoms with Gasteiger partial charge in [0.15, 0.2) is 0 Å². The van der Waals surface area contributed by atoms with Gasteiger partial charge in [-0.1, -0.05) is 12.5 Å². The normalized spacial score (nSPS) is 17.2. The summed E-state index contributed by atoms with van der Waals surface area (Å²) < 4.78 is 5.16. The third-order valence-corrected chi connectivity index (χ3v) is 4.27. The van der Waals surface area contributed by atoms with Crippen LogP contribution in [-0.2, 0) is 16.1 Å². The number of hydrogen-bond acceptors (Lipinski definition) is 4. The predicted octanol–water partition coefficient (Wildman–Crippen LogP) is 1.93. The molecule has 1 aliphatic heterocycles. The van der Waals surface area contributed by atoms with Crippen molar-refractivity contribution in [2.45, 2.75) is 38.8 Å². The molecule has 0 spiro atoms. The molecule has 1 aromatic rings. The van der Waals surface area contributed by atoms with Gasteiger partial charge < -0.3 is 9.64 Å². The summed E-state index contributed by atoms with van der Waals surface area (Å²) >= 11 is 0. The zero-order chi connectivity index (χ0) is 15.8. The van der Waals surface area contributed by atoms with Crippen LogP contribution in [0.25, 0.3) is 0 Å². The van der Waals surface area contributed by atoms with Crippen LogP contribution in [-0.4, -0.2) is 60.1 Å². The van der Waals surface area contributed by atoms with Crippen molar-refractivity contribution in [3.05, 3.63) is 30.1 Å². The summed E-state index contributed by atoms with van der Waals surface area (Å²) in [5.74, 6) is 0.183. The smallest absolute Gasteiger partial charge is 0.240 e. The number of carbonyl (C=O) groups is 1. The van der Waals surface area contributed by atoms with E-state index in [2.05, 4.69) is 9.88 Å².